The lowest BCUT2D eigenvalue weighted by Gasteiger charge is -2.09. The molecule has 0 amide bonds. The van der Waals surface area contributed by atoms with Gasteiger partial charge in [-0.2, -0.15) is 10.2 Å². The molecule has 0 unspecified atom stereocenters. The first kappa shape index (κ1) is 11.5. The first-order chi connectivity index (χ1) is 8.15. The van der Waals surface area contributed by atoms with E-state index in [2.05, 4.69) is 24.0 Å². The van der Waals surface area contributed by atoms with Crippen molar-refractivity contribution in [2.45, 2.75) is 19.8 Å². The second-order valence-electron chi connectivity index (χ2n) is 4.15. The highest BCUT2D eigenvalue weighted by Gasteiger charge is 2.14. The zero-order valence-corrected chi connectivity index (χ0v) is 10.1. The van der Waals surface area contributed by atoms with Gasteiger partial charge >= 0.3 is 5.97 Å². The number of ether oxygens (including phenoxy) is 1. The Bertz CT molecular complexity index is 564. The fourth-order valence-corrected chi connectivity index (χ4v) is 1.84. The minimum absolute atomic E-state index is 0.334. The fourth-order valence-electron chi connectivity index (χ4n) is 1.84. The van der Waals surface area contributed by atoms with Gasteiger partial charge in [0, 0.05) is 5.39 Å². The second kappa shape index (κ2) is 4.49. The smallest absolute Gasteiger partial charge is 0.340 e. The highest BCUT2D eigenvalue weighted by Crippen LogP contribution is 2.25. The summed E-state index contributed by atoms with van der Waals surface area (Å²) in [6.45, 7) is 4.17. The van der Waals surface area contributed by atoms with Crippen LogP contribution in [0.15, 0.2) is 24.4 Å². The van der Waals surface area contributed by atoms with Crippen molar-refractivity contribution < 1.29 is 9.53 Å². The Labute approximate surface area is 99.6 Å². The van der Waals surface area contributed by atoms with Gasteiger partial charge in [-0.15, -0.1) is 0 Å². The standard InChI is InChI=1S/C13H14N2O2/c1-8(2)9-5-4-6-10-11(13(16)17-3)7-14-15-12(9)10/h4-8H,1-3H3. The van der Waals surface area contributed by atoms with Crippen molar-refractivity contribution in [3.05, 3.63) is 35.5 Å². The molecule has 1 heterocycles. The number of aromatic nitrogens is 2. The molecular formula is C13H14N2O2. The molecule has 0 aliphatic heterocycles. The second-order valence-corrected chi connectivity index (χ2v) is 4.15. The largest absolute Gasteiger partial charge is 0.465 e. The van der Waals surface area contributed by atoms with Crippen LogP contribution in [-0.4, -0.2) is 23.3 Å². The third kappa shape index (κ3) is 1.98. The van der Waals surface area contributed by atoms with Gasteiger partial charge in [0.2, 0.25) is 0 Å². The molecule has 0 fully saturated rings. The minimum Gasteiger partial charge on any atom is -0.465 e. The van der Waals surface area contributed by atoms with E-state index in [0.717, 1.165) is 16.5 Å². The predicted molar refractivity (Wildman–Crippen MR) is 65.0 cm³/mol. The summed E-state index contributed by atoms with van der Waals surface area (Å²) in [7, 11) is 1.36. The molecule has 4 nitrogen and oxygen atoms in total. The summed E-state index contributed by atoms with van der Waals surface area (Å²) < 4.78 is 4.74. The Hall–Kier alpha value is -1.97. The molecule has 0 saturated heterocycles. The van der Waals surface area contributed by atoms with E-state index < -0.39 is 0 Å². The zero-order chi connectivity index (χ0) is 12.4. The van der Waals surface area contributed by atoms with E-state index in [-0.39, 0.29) is 5.97 Å². The van der Waals surface area contributed by atoms with Crippen LogP contribution in [0.1, 0.15) is 35.7 Å². The Kier molecular flexibility index (Phi) is 3.04. The highest BCUT2D eigenvalue weighted by atomic mass is 16.5. The number of methoxy groups -OCH3 is 1. The summed E-state index contributed by atoms with van der Waals surface area (Å²) in [5.74, 6) is -0.0493. The molecule has 2 rings (SSSR count). The van der Waals surface area contributed by atoms with Gasteiger partial charge in [0.25, 0.3) is 0 Å². The first-order valence-corrected chi connectivity index (χ1v) is 5.47. The number of benzene rings is 1. The number of esters is 1. The van der Waals surface area contributed by atoms with Gasteiger partial charge in [0.15, 0.2) is 0 Å². The van der Waals surface area contributed by atoms with E-state index in [1.165, 1.54) is 13.3 Å². The lowest BCUT2D eigenvalue weighted by molar-refractivity contribution is 0.0602. The maximum absolute atomic E-state index is 11.6. The molecule has 0 atom stereocenters. The molecule has 0 spiro atoms. The van der Waals surface area contributed by atoms with Crippen molar-refractivity contribution in [2.75, 3.05) is 7.11 Å². The maximum Gasteiger partial charge on any atom is 0.340 e. The quantitative estimate of drug-likeness (QED) is 0.744. The van der Waals surface area contributed by atoms with Gasteiger partial charge in [0.05, 0.1) is 24.4 Å². The van der Waals surface area contributed by atoms with Crippen molar-refractivity contribution in [1.82, 2.24) is 10.2 Å². The number of hydrogen-bond acceptors (Lipinski definition) is 4. The number of nitrogens with zero attached hydrogens (tertiary/aromatic N) is 2. The fraction of sp³-hybridized carbons (Fsp3) is 0.308. The third-order valence-corrected chi connectivity index (χ3v) is 2.73. The molecular weight excluding hydrogens is 216 g/mol. The summed E-state index contributed by atoms with van der Waals surface area (Å²) in [5, 5.41) is 8.79. The third-order valence-electron chi connectivity index (χ3n) is 2.73. The van der Waals surface area contributed by atoms with Crippen LogP contribution in [-0.2, 0) is 4.74 Å². The van der Waals surface area contributed by atoms with Crippen molar-refractivity contribution in [2.24, 2.45) is 0 Å². The van der Waals surface area contributed by atoms with Crippen LogP contribution in [0.5, 0.6) is 0 Å². The van der Waals surface area contributed by atoms with E-state index in [9.17, 15) is 4.79 Å². The van der Waals surface area contributed by atoms with E-state index in [0.29, 0.717) is 11.5 Å². The van der Waals surface area contributed by atoms with Crippen LogP contribution >= 0.6 is 0 Å². The summed E-state index contributed by atoms with van der Waals surface area (Å²) in [5.41, 5.74) is 2.31. The van der Waals surface area contributed by atoms with Gasteiger partial charge in [-0.05, 0) is 11.5 Å². The average molecular weight is 230 g/mol. The maximum atomic E-state index is 11.6. The number of hydrogen-bond donors (Lipinski definition) is 0. The summed E-state index contributed by atoms with van der Waals surface area (Å²) in [6.07, 6.45) is 1.44. The van der Waals surface area contributed by atoms with E-state index in [1.54, 1.807) is 0 Å². The van der Waals surface area contributed by atoms with Crippen LogP contribution in [0.4, 0.5) is 0 Å². The highest BCUT2D eigenvalue weighted by molar-refractivity contribution is 6.03. The lowest BCUT2D eigenvalue weighted by atomic mass is 9.98. The van der Waals surface area contributed by atoms with E-state index >= 15 is 0 Å². The predicted octanol–water partition coefficient (Wildman–Crippen LogP) is 2.54. The molecule has 0 aliphatic carbocycles. The topological polar surface area (TPSA) is 52.1 Å². The first-order valence-electron chi connectivity index (χ1n) is 5.47. The summed E-state index contributed by atoms with van der Waals surface area (Å²) in [6, 6.07) is 5.79. The Morgan fingerprint density at radius 2 is 2.12 bits per heavy atom. The SMILES string of the molecule is COC(=O)c1cnnc2c(C(C)C)cccc12. The molecule has 0 bridgehead atoms. The van der Waals surface area contributed by atoms with E-state index in [4.69, 9.17) is 4.74 Å². The monoisotopic (exact) mass is 230 g/mol. The Morgan fingerprint density at radius 1 is 1.35 bits per heavy atom. The number of rotatable bonds is 2. The molecule has 2 aromatic rings. The van der Waals surface area contributed by atoms with Crippen molar-refractivity contribution in [3.8, 4) is 0 Å². The van der Waals surface area contributed by atoms with Crippen LogP contribution in [0.25, 0.3) is 10.9 Å². The van der Waals surface area contributed by atoms with Crippen LogP contribution < -0.4 is 0 Å². The minimum atomic E-state index is -0.384. The molecule has 0 N–H and O–H groups in total. The molecule has 0 radical (unpaired) electrons. The molecule has 1 aromatic heterocycles. The van der Waals surface area contributed by atoms with Gasteiger partial charge in [0.1, 0.15) is 0 Å². The number of fused-ring (bicyclic) bond motifs is 1. The molecule has 0 aliphatic rings. The van der Waals surface area contributed by atoms with Crippen molar-refractivity contribution in [1.29, 1.82) is 0 Å². The number of carbonyl (C=O) groups excluding carboxylic acids is 1. The Balaban J connectivity index is 2.74. The molecule has 88 valence electrons. The van der Waals surface area contributed by atoms with E-state index in [1.807, 2.05) is 18.2 Å². The summed E-state index contributed by atoms with van der Waals surface area (Å²) in [4.78, 5) is 11.6. The molecule has 17 heavy (non-hydrogen) atoms. The zero-order valence-electron chi connectivity index (χ0n) is 10.1. The normalized spacial score (nSPS) is 10.8. The van der Waals surface area contributed by atoms with Gasteiger partial charge in [-0.1, -0.05) is 32.0 Å². The van der Waals surface area contributed by atoms with Crippen LogP contribution in [0, 0.1) is 0 Å². The lowest BCUT2D eigenvalue weighted by Crippen LogP contribution is -2.05. The molecule has 0 saturated carbocycles. The van der Waals surface area contributed by atoms with Gasteiger partial charge in [-0.3, -0.25) is 0 Å². The van der Waals surface area contributed by atoms with Crippen LogP contribution in [0.3, 0.4) is 0 Å². The average Bonchev–Trinajstić information content (AvgIpc) is 2.36. The van der Waals surface area contributed by atoms with Crippen molar-refractivity contribution in [3.63, 3.8) is 0 Å². The van der Waals surface area contributed by atoms with Crippen molar-refractivity contribution >= 4 is 16.9 Å². The van der Waals surface area contributed by atoms with Gasteiger partial charge in [-0.25, -0.2) is 4.79 Å². The molecule has 1 aromatic carbocycles. The van der Waals surface area contributed by atoms with Gasteiger partial charge < -0.3 is 4.74 Å². The van der Waals surface area contributed by atoms with Crippen LogP contribution in [0.2, 0.25) is 0 Å². The number of carbonyl (C=O) groups is 1. The Morgan fingerprint density at radius 3 is 2.76 bits per heavy atom. The summed E-state index contributed by atoms with van der Waals surface area (Å²) >= 11 is 0. The molecule has 4 heteroatoms.